The average molecular weight is 530 g/mol. The fraction of sp³-hybridized carbons (Fsp3) is 0.357. The van der Waals surface area contributed by atoms with Crippen molar-refractivity contribution in [3.63, 3.8) is 0 Å². The third-order valence-corrected chi connectivity index (χ3v) is 7.30. The largest absolute Gasteiger partial charge is 0.475 e. The highest BCUT2D eigenvalue weighted by atomic mass is 16.5. The standard InChI is InChI=1S/C28H31N7O4/c1-2-35-23-14-19(8-9-20(23)25(37)34-35)30-27-29-15-21(26-33-28(17-39-26)10-12-38-13-11-28)24(32-27)31-22(16-36)18-6-4-3-5-7-18/h3-9,14-15,22,36H,2,10-13,16-17H2,1H3,(H,34,37)(H2,29,30,31,32)/t22-/m1/s1. The second-order valence-corrected chi connectivity index (χ2v) is 9.83. The second kappa shape index (κ2) is 10.5. The maximum atomic E-state index is 12.2. The Balaban J connectivity index is 1.36. The van der Waals surface area contributed by atoms with Crippen LogP contribution in [-0.4, -0.2) is 62.7 Å². The molecule has 0 bridgehead atoms. The number of ether oxygens (including phenoxy) is 2. The maximum Gasteiger partial charge on any atom is 0.271 e. The van der Waals surface area contributed by atoms with Crippen LogP contribution >= 0.6 is 0 Å². The zero-order chi connectivity index (χ0) is 26.8. The van der Waals surface area contributed by atoms with Crippen molar-refractivity contribution in [2.75, 3.05) is 37.1 Å². The molecule has 0 amide bonds. The lowest BCUT2D eigenvalue weighted by atomic mass is 9.92. The van der Waals surface area contributed by atoms with Crippen molar-refractivity contribution >= 4 is 34.3 Å². The minimum Gasteiger partial charge on any atom is -0.475 e. The number of aromatic amines is 1. The lowest BCUT2D eigenvalue weighted by Crippen LogP contribution is -2.35. The molecular formula is C28H31N7O4. The highest BCUT2D eigenvalue weighted by molar-refractivity contribution is 6.00. The predicted molar refractivity (Wildman–Crippen MR) is 149 cm³/mol. The van der Waals surface area contributed by atoms with Crippen molar-refractivity contribution in [2.45, 2.75) is 37.9 Å². The number of benzene rings is 2. The number of H-pyrrole nitrogens is 1. The molecule has 4 heterocycles. The summed E-state index contributed by atoms with van der Waals surface area (Å²) in [6.07, 6.45) is 3.28. The molecule has 11 heteroatoms. The third kappa shape index (κ3) is 4.98. The van der Waals surface area contributed by atoms with Gasteiger partial charge < -0.3 is 25.2 Å². The van der Waals surface area contributed by atoms with E-state index >= 15 is 0 Å². The first-order valence-corrected chi connectivity index (χ1v) is 13.2. The molecule has 1 fully saturated rings. The van der Waals surface area contributed by atoms with E-state index in [9.17, 15) is 9.90 Å². The number of nitrogens with zero attached hydrogens (tertiary/aromatic N) is 4. The van der Waals surface area contributed by atoms with Crippen LogP contribution in [0.2, 0.25) is 0 Å². The zero-order valence-corrected chi connectivity index (χ0v) is 21.7. The van der Waals surface area contributed by atoms with Crippen molar-refractivity contribution in [1.29, 1.82) is 0 Å². The van der Waals surface area contributed by atoms with Crippen LogP contribution in [0.5, 0.6) is 0 Å². The number of aliphatic hydroxyl groups excluding tert-OH is 1. The summed E-state index contributed by atoms with van der Waals surface area (Å²) in [6, 6.07) is 14.8. The van der Waals surface area contributed by atoms with E-state index in [1.807, 2.05) is 49.4 Å². The Hall–Kier alpha value is -4.22. The fourth-order valence-corrected chi connectivity index (χ4v) is 5.07. The van der Waals surface area contributed by atoms with Gasteiger partial charge in [-0.2, -0.15) is 4.98 Å². The number of aliphatic imine (C=N–C) groups is 1. The summed E-state index contributed by atoms with van der Waals surface area (Å²) in [5.41, 5.74) is 2.66. The molecule has 4 aromatic rings. The maximum absolute atomic E-state index is 12.2. The Morgan fingerprint density at radius 1 is 1.18 bits per heavy atom. The summed E-state index contributed by atoms with van der Waals surface area (Å²) in [4.78, 5) is 26.5. The highest BCUT2D eigenvalue weighted by Crippen LogP contribution is 2.33. The van der Waals surface area contributed by atoms with Crippen LogP contribution in [0.1, 0.15) is 36.9 Å². The quantitative estimate of drug-likeness (QED) is 0.273. The van der Waals surface area contributed by atoms with Gasteiger partial charge in [0.05, 0.1) is 29.1 Å². The minimum absolute atomic E-state index is 0.124. The number of anilines is 3. The van der Waals surface area contributed by atoms with E-state index in [-0.39, 0.29) is 17.7 Å². The number of aryl methyl sites for hydroxylation is 1. The van der Waals surface area contributed by atoms with Crippen LogP contribution < -0.4 is 16.2 Å². The molecule has 4 N–H and O–H groups in total. The Labute approximate surface area is 224 Å². The Morgan fingerprint density at radius 3 is 2.77 bits per heavy atom. The molecule has 1 spiro atoms. The van der Waals surface area contributed by atoms with E-state index < -0.39 is 6.04 Å². The number of aliphatic hydroxyl groups is 1. The van der Waals surface area contributed by atoms with Crippen LogP contribution in [0.25, 0.3) is 10.9 Å². The number of nitrogens with one attached hydrogen (secondary N) is 3. The smallest absolute Gasteiger partial charge is 0.271 e. The van der Waals surface area contributed by atoms with Gasteiger partial charge in [-0.25, -0.2) is 9.98 Å². The topological polar surface area (TPSA) is 139 Å². The van der Waals surface area contributed by atoms with Gasteiger partial charge in [0.15, 0.2) is 0 Å². The summed E-state index contributed by atoms with van der Waals surface area (Å²) < 4.78 is 13.4. The molecule has 11 nitrogen and oxygen atoms in total. The van der Waals surface area contributed by atoms with E-state index in [1.165, 1.54) is 0 Å². The lowest BCUT2D eigenvalue weighted by molar-refractivity contribution is 0.0442. The molecule has 0 saturated carbocycles. The average Bonchev–Trinajstić information content (AvgIpc) is 3.52. The molecule has 1 atom stereocenters. The van der Waals surface area contributed by atoms with E-state index in [0.29, 0.717) is 55.0 Å². The molecule has 0 radical (unpaired) electrons. The lowest BCUT2D eigenvalue weighted by Gasteiger charge is -2.28. The molecule has 6 rings (SSSR count). The van der Waals surface area contributed by atoms with Crippen molar-refractivity contribution in [3.8, 4) is 0 Å². The first kappa shape index (κ1) is 25.1. The Morgan fingerprint density at radius 2 is 2.00 bits per heavy atom. The zero-order valence-electron chi connectivity index (χ0n) is 21.7. The van der Waals surface area contributed by atoms with Gasteiger partial charge in [-0.1, -0.05) is 30.3 Å². The van der Waals surface area contributed by atoms with Gasteiger partial charge >= 0.3 is 0 Å². The van der Waals surface area contributed by atoms with Crippen LogP contribution in [0.15, 0.2) is 64.5 Å². The summed E-state index contributed by atoms with van der Waals surface area (Å²) >= 11 is 0. The molecule has 39 heavy (non-hydrogen) atoms. The van der Waals surface area contributed by atoms with Gasteiger partial charge in [-0.15, -0.1) is 0 Å². The van der Waals surface area contributed by atoms with Crippen molar-refractivity contribution in [3.05, 3.63) is 76.2 Å². The predicted octanol–water partition coefficient (Wildman–Crippen LogP) is 3.35. The van der Waals surface area contributed by atoms with Crippen LogP contribution in [0, 0.1) is 0 Å². The van der Waals surface area contributed by atoms with Gasteiger partial charge in [-0.05, 0) is 43.5 Å². The fourth-order valence-electron chi connectivity index (χ4n) is 5.07. The number of fused-ring (bicyclic) bond motifs is 1. The number of hydrogen-bond donors (Lipinski definition) is 4. The minimum atomic E-state index is -0.401. The first-order chi connectivity index (χ1) is 19.1. The summed E-state index contributed by atoms with van der Waals surface area (Å²) in [5.74, 6) is 1.33. The molecule has 2 aliphatic rings. The van der Waals surface area contributed by atoms with Crippen molar-refractivity contribution in [2.24, 2.45) is 4.99 Å². The number of hydrogen-bond acceptors (Lipinski definition) is 9. The van der Waals surface area contributed by atoms with Crippen molar-refractivity contribution < 1.29 is 14.6 Å². The van der Waals surface area contributed by atoms with Gasteiger partial charge in [0.2, 0.25) is 11.8 Å². The molecule has 2 aromatic heterocycles. The monoisotopic (exact) mass is 529 g/mol. The molecule has 0 aliphatic carbocycles. The molecule has 1 saturated heterocycles. The highest BCUT2D eigenvalue weighted by Gasteiger charge is 2.39. The van der Waals surface area contributed by atoms with Gasteiger partial charge in [0.1, 0.15) is 18.0 Å². The van der Waals surface area contributed by atoms with E-state index in [2.05, 4.69) is 20.7 Å². The van der Waals surface area contributed by atoms with Gasteiger partial charge in [0, 0.05) is 31.6 Å². The Kier molecular flexibility index (Phi) is 6.76. The van der Waals surface area contributed by atoms with Crippen LogP contribution in [0.4, 0.5) is 17.5 Å². The number of aromatic nitrogens is 4. The Bertz CT molecular complexity index is 1560. The van der Waals surface area contributed by atoms with Crippen LogP contribution in [0.3, 0.4) is 0 Å². The summed E-state index contributed by atoms with van der Waals surface area (Å²) in [7, 11) is 0. The SMILES string of the molecule is CCn1[nH]c(=O)c2ccc(Nc3ncc(C4=NC5(CCOCC5)CO4)c(N[C@H](CO)c4ccccc4)n3)cc21. The van der Waals surface area contributed by atoms with Gasteiger partial charge in [-0.3, -0.25) is 14.6 Å². The van der Waals surface area contributed by atoms with E-state index in [0.717, 1.165) is 29.6 Å². The molecule has 0 unspecified atom stereocenters. The van der Waals surface area contributed by atoms with E-state index in [4.69, 9.17) is 19.5 Å². The van der Waals surface area contributed by atoms with Gasteiger partial charge in [0.25, 0.3) is 5.56 Å². The molecule has 202 valence electrons. The normalized spacial score (nSPS) is 17.1. The number of rotatable bonds is 8. The first-order valence-electron chi connectivity index (χ1n) is 13.2. The summed E-state index contributed by atoms with van der Waals surface area (Å²) in [5, 5.41) is 20.3. The second-order valence-electron chi connectivity index (χ2n) is 9.83. The van der Waals surface area contributed by atoms with Crippen molar-refractivity contribution in [1.82, 2.24) is 19.7 Å². The molecular weight excluding hydrogens is 498 g/mol. The third-order valence-electron chi connectivity index (χ3n) is 7.30. The molecule has 2 aromatic carbocycles. The molecule has 2 aliphatic heterocycles. The van der Waals surface area contributed by atoms with E-state index in [1.54, 1.807) is 16.9 Å². The summed E-state index contributed by atoms with van der Waals surface area (Å²) in [6.45, 7) is 4.27. The van der Waals surface area contributed by atoms with Crippen LogP contribution in [-0.2, 0) is 16.0 Å².